The normalized spacial score (nSPS) is 10.9. The molecule has 2 aromatic rings. The fourth-order valence-electron chi connectivity index (χ4n) is 2.46. The molecule has 0 unspecified atom stereocenters. The number of ether oxygens (including phenoxy) is 2. The number of carbonyl (C=O) groups is 1. The Morgan fingerprint density at radius 1 is 1.04 bits per heavy atom. The molecule has 27 heavy (non-hydrogen) atoms. The zero-order chi connectivity index (χ0) is 19.9. The van der Waals surface area contributed by atoms with Crippen molar-refractivity contribution in [2.75, 3.05) is 32.6 Å². The van der Waals surface area contributed by atoms with Crippen molar-refractivity contribution in [3.63, 3.8) is 0 Å². The molecule has 7 nitrogen and oxygen atoms in total. The van der Waals surface area contributed by atoms with Gasteiger partial charge in [-0.25, -0.2) is 8.42 Å². The third-order valence-corrected chi connectivity index (χ3v) is 5.66. The van der Waals surface area contributed by atoms with E-state index < -0.39 is 9.84 Å². The van der Waals surface area contributed by atoms with Crippen LogP contribution < -0.4 is 20.1 Å². The van der Waals surface area contributed by atoms with Crippen molar-refractivity contribution in [1.82, 2.24) is 5.32 Å². The van der Waals surface area contributed by atoms with Crippen LogP contribution >= 0.6 is 0 Å². The highest BCUT2D eigenvalue weighted by atomic mass is 32.2. The molecule has 2 aromatic carbocycles. The SMILES string of the molecule is CCCNC(=O)CNc1ccccc1S(=O)(=O)c1ccc(OC)c(OC)c1. The van der Waals surface area contributed by atoms with E-state index in [1.807, 2.05) is 6.92 Å². The van der Waals surface area contributed by atoms with E-state index in [1.54, 1.807) is 24.3 Å². The first-order valence-electron chi connectivity index (χ1n) is 8.50. The van der Waals surface area contributed by atoms with Crippen LogP contribution in [0.4, 0.5) is 5.69 Å². The number of para-hydroxylation sites is 1. The Kier molecular flexibility index (Phi) is 7.06. The number of amides is 1. The van der Waals surface area contributed by atoms with Crippen LogP contribution in [0.15, 0.2) is 52.3 Å². The van der Waals surface area contributed by atoms with E-state index >= 15 is 0 Å². The number of rotatable bonds is 9. The van der Waals surface area contributed by atoms with Gasteiger partial charge in [0.15, 0.2) is 11.5 Å². The fourth-order valence-corrected chi connectivity index (χ4v) is 3.91. The number of nitrogens with one attached hydrogen (secondary N) is 2. The largest absolute Gasteiger partial charge is 0.493 e. The molecule has 146 valence electrons. The average molecular weight is 392 g/mol. The van der Waals surface area contributed by atoms with Crippen LogP contribution in [0, 0.1) is 0 Å². The minimum atomic E-state index is -3.82. The van der Waals surface area contributed by atoms with E-state index in [4.69, 9.17) is 9.47 Å². The molecule has 0 heterocycles. The highest BCUT2D eigenvalue weighted by molar-refractivity contribution is 7.91. The molecule has 0 aliphatic carbocycles. The van der Waals surface area contributed by atoms with Crippen LogP contribution in [0.1, 0.15) is 13.3 Å². The zero-order valence-corrected chi connectivity index (χ0v) is 16.4. The number of hydrogen-bond acceptors (Lipinski definition) is 6. The highest BCUT2D eigenvalue weighted by Gasteiger charge is 2.23. The van der Waals surface area contributed by atoms with Crippen LogP contribution in [0.5, 0.6) is 11.5 Å². The van der Waals surface area contributed by atoms with E-state index in [0.717, 1.165) is 6.42 Å². The van der Waals surface area contributed by atoms with Gasteiger partial charge in [0.05, 0.1) is 36.2 Å². The topological polar surface area (TPSA) is 93.7 Å². The van der Waals surface area contributed by atoms with E-state index in [-0.39, 0.29) is 22.2 Å². The Balaban J connectivity index is 2.33. The lowest BCUT2D eigenvalue weighted by Crippen LogP contribution is -2.30. The van der Waals surface area contributed by atoms with Crippen LogP contribution in [0.2, 0.25) is 0 Å². The molecule has 0 saturated heterocycles. The second-order valence-corrected chi connectivity index (χ2v) is 7.64. The Morgan fingerprint density at radius 2 is 1.74 bits per heavy atom. The van der Waals surface area contributed by atoms with Gasteiger partial charge in [-0.15, -0.1) is 0 Å². The lowest BCUT2D eigenvalue weighted by atomic mass is 10.3. The van der Waals surface area contributed by atoms with Crippen LogP contribution in [-0.2, 0) is 14.6 Å². The van der Waals surface area contributed by atoms with Gasteiger partial charge in [0.25, 0.3) is 0 Å². The van der Waals surface area contributed by atoms with Gasteiger partial charge in [-0.3, -0.25) is 4.79 Å². The first kappa shape index (κ1) is 20.6. The molecule has 0 bridgehead atoms. The summed E-state index contributed by atoms with van der Waals surface area (Å²) >= 11 is 0. The number of sulfone groups is 1. The Morgan fingerprint density at radius 3 is 2.41 bits per heavy atom. The number of anilines is 1. The lowest BCUT2D eigenvalue weighted by Gasteiger charge is -2.14. The molecule has 0 spiro atoms. The lowest BCUT2D eigenvalue weighted by molar-refractivity contribution is -0.119. The number of methoxy groups -OCH3 is 2. The summed E-state index contributed by atoms with van der Waals surface area (Å²) in [7, 11) is -0.898. The minimum absolute atomic E-state index is 0.0154. The van der Waals surface area contributed by atoms with Crippen molar-refractivity contribution in [3.05, 3.63) is 42.5 Å². The molecule has 0 aromatic heterocycles. The van der Waals surface area contributed by atoms with Crippen LogP contribution in [0.25, 0.3) is 0 Å². The van der Waals surface area contributed by atoms with Gasteiger partial charge < -0.3 is 20.1 Å². The Bertz CT molecular complexity index is 897. The Labute approximate surface area is 159 Å². The number of hydrogen-bond donors (Lipinski definition) is 2. The molecule has 0 radical (unpaired) electrons. The van der Waals surface area contributed by atoms with Crippen molar-refractivity contribution in [1.29, 1.82) is 0 Å². The van der Waals surface area contributed by atoms with E-state index in [0.29, 0.717) is 23.7 Å². The van der Waals surface area contributed by atoms with E-state index in [2.05, 4.69) is 10.6 Å². The van der Waals surface area contributed by atoms with E-state index in [9.17, 15) is 13.2 Å². The zero-order valence-electron chi connectivity index (χ0n) is 15.6. The predicted octanol–water partition coefficient (Wildman–Crippen LogP) is 2.47. The number of benzene rings is 2. The maximum atomic E-state index is 13.1. The van der Waals surface area contributed by atoms with Gasteiger partial charge in [-0.05, 0) is 30.7 Å². The molecule has 2 N–H and O–H groups in total. The van der Waals surface area contributed by atoms with Crippen LogP contribution in [0.3, 0.4) is 0 Å². The quantitative estimate of drug-likeness (QED) is 0.681. The average Bonchev–Trinajstić information content (AvgIpc) is 2.70. The van der Waals surface area contributed by atoms with Gasteiger partial charge in [0.2, 0.25) is 15.7 Å². The van der Waals surface area contributed by atoms with E-state index in [1.165, 1.54) is 32.4 Å². The third-order valence-electron chi connectivity index (χ3n) is 3.85. The summed E-state index contributed by atoms with van der Waals surface area (Å²) in [5.74, 6) is 0.564. The molecular formula is C19H24N2O5S. The highest BCUT2D eigenvalue weighted by Crippen LogP contribution is 2.33. The summed E-state index contributed by atoms with van der Waals surface area (Å²) < 4.78 is 36.6. The van der Waals surface area contributed by atoms with Gasteiger partial charge in [0, 0.05) is 12.6 Å². The first-order valence-corrected chi connectivity index (χ1v) is 9.99. The summed E-state index contributed by atoms with van der Waals surface area (Å²) in [5, 5.41) is 5.64. The summed E-state index contributed by atoms with van der Waals surface area (Å²) in [4.78, 5) is 12.0. The van der Waals surface area contributed by atoms with Crippen molar-refractivity contribution in [2.45, 2.75) is 23.1 Å². The minimum Gasteiger partial charge on any atom is -0.493 e. The van der Waals surface area contributed by atoms with Crippen molar-refractivity contribution >= 4 is 21.4 Å². The molecular weight excluding hydrogens is 368 g/mol. The van der Waals surface area contributed by atoms with Crippen molar-refractivity contribution in [3.8, 4) is 11.5 Å². The molecule has 8 heteroatoms. The summed E-state index contributed by atoms with van der Waals surface area (Å²) in [6, 6.07) is 10.9. The summed E-state index contributed by atoms with van der Waals surface area (Å²) in [6.45, 7) is 2.52. The third kappa shape index (κ3) is 4.91. The molecule has 0 atom stereocenters. The molecule has 2 rings (SSSR count). The summed E-state index contributed by atoms with van der Waals surface area (Å²) in [5.41, 5.74) is 0.360. The van der Waals surface area contributed by atoms with Gasteiger partial charge >= 0.3 is 0 Å². The van der Waals surface area contributed by atoms with Gasteiger partial charge in [-0.2, -0.15) is 0 Å². The molecule has 0 saturated carbocycles. The monoisotopic (exact) mass is 392 g/mol. The van der Waals surface area contributed by atoms with Gasteiger partial charge in [0.1, 0.15) is 0 Å². The smallest absolute Gasteiger partial charge is 0.239 e. The molecule has 0 aliphatic rings. The second kappa shape index (κ2) is 9.27. The maximum Gasteiger partial charge on any atom is 0.239 e. The standard InChI is InChI=1S/C19H24N2O5S/c1-4-11-20-19(22)13-21-15-7-5-6-8-18(15)27(23,24)14-9-10-16(25-2)17(12-14)26-3/h5-10,12,21H,4,11,13H2,1-3H3,(H,20,22). The fraction of sp³-hybridized carbons (Fsp3) is 0.316. The molecule has 0 aliphatic heterocycles. The maximum absolute atomic E-state index is 13.1. The van der Waals surface area contributed by atoms with Crippen LogP contribution in [-0.4, -0.2) is 41.6 Å². The van der Waals surface area contributed by atoms with Crippen molar-refractivity contribution in [2.24, 2.45) is 0 Å². The van der Waals surface area contributed by atoms with Gasteiger partial charge in [-0.1, -0.05) is 19.1 Å². The first-order chi connectivity index (χ1) is 12.9. The molecule has 1 amide bonds. The summed E-state index contributed by atoms with van der Waals surface area (Å²) in [6.07, 6.45) is 0.829. The van der Waals surface area contributed by atoms with Crippen molar-refractivity contribution < 1.29 is 22.7 Å². The molecule has 0 fully saturated rings. The predicted molar refractivity (Wildman–Crippen MR) is 103 cm³/mol. The number of carbonyl (C=O) groups excluding carboxylic acids is 1. The second-order valence-electron chi connectivity index (χ2n) is 5.72. The Hall–Kier alpha value is -2.74.